The molecule has 0 amide bonds. The fraction of sp³-hybridized carbons (Fsp3) is 0.571. The summed E-state index contributed by atoms with van der Waals surface area (Å²) in [6.45, 7) is 5.52. The van der Waals surface area contributed by atoms with Gasteiger partial charge >= 0.3 is 0 Å². The van der Waals surface area contributed by atoms with Crippen LogP contribution >= 0.6 is 0 Å². The van der Waals surface area contributed by atoms with Gasteiger partial charge in [0.1, 0.15) is 6.61 Å². The van der Waals surface area contributed by atoms with Crippen LogP contribution in [0.3, 0.4) is 0 Å². The van der Waals surface area contributed by atoms with Crippen molar-refractivity contribution in [1.29, 1.82) is 0 Å². The monoisotopic (exact) mass is 128 g/mol. The first-order valence-electron chi connectivity index (χ1n) is 2.87. The molecule has 0 unspecified atom stereocenters. The molecule has 0 spiro atoms. The molecule has 0 heterocycles. The molecule has 0 aliphatic rings. The minimum absolute atomic E-state index is 0.0486. The molecule has 0 N–H and O–H groups in total. The van der Waals surface area contributed by atoms with Gasteiger partial charge in [-0.2, -0.15) is 0 Å². The quantitative estimate of drug-likeness (QED) is 0.538. The van der Waals surface area contributed by atoms with Crippen molar-refractivity contribution < 1.29 is 9.53 Å². The fourth-order valence-electron chi connectivity index (χ4n) is 0.326. The minimum Gasteiger partial charge on any atom is -0.494 e. The molecule has 0 aromatic carbocycles. The molecule has 0 bridgehead atoms. The summed E-state index contributed by atoms with van der Waals surface area (Å²) in [5, 5.41) is 0. The van der Waals surface area contributed by atoms with E-state index in [1.165, 1.54) is 6.92 Å². The molecule has 0 rings (SSSR count). The normalized spacial score (nSPS) is 8.33. The predicted molar refractivity (Wildman–Crippen MR) is 36.1 cm³/mol. The summed E-state index contributed by atoms with van der Waals surface area (Å²) < 4.78 is 4.84. The van der Waals surface area contributed by atoms with Gasteiger partial charge in [0.25, 0.3) is 0 Å². The van der Waals surface area contributed by atoms with Gasteiger partial charge in [0, 0.05) is 0 Å². The van der Waals surface area contributed by atoms with E-state index in [0.29, 0.717) is 0 Å². The number of Topliss-reactive ketones (excluding diaryl/α,β-unsaturated/α-hetero) is 1. The van der Waals surface area contributed by atoms with Crippen LogP contribution in [0.2, 0.25) is 0 Å². The van der Waals surface area contributed by atoms with Crippen molar-refractivity contribution in [2.24, 2.45) is 0 Å². The predicted octanol–water partition coefficient (Wildman–Crippen LogP) is 1.52. The Morgan fingerprint density at radius 3 is 2.33 bits per heavy atom. The Hall–Kier alpha value is -0.790. The lowest BCUT2D eigenvalue weighted by molar-refractivity contribution is -0.119. The minimum atomic E-state index is 0.0486. The van der Waals surface area contributed by atoms with Crippen LogP contribution in [0.25, 0.3) is 0 Å². The Kier molecular flexibility index (Phi) is 3.76. The molecule has 0 aromatic heterocycles. The molecule has 0 fully saturated rings. The van der Waals surface area contributed by atoms with Crippen molar-refractivity contribution in [3.8, 4) is 0 Å². The standard InChI is InChI=1S/C7H12O2/c1-6(2)4-9-5-7(3)8/h4H,5H2,1-3H3. The van der Waals surface area contributed by atoms with Gasteiger partial charge in [-0.15, -0.1) is 0 Å². The number of hydrogen-bond acceptors (Lipinski definition) is 2. The van der Waals surface area contributed by atoms with Crippen molar-refractivity contribution in [2.45, 2.75) is 20.8 Å². The van der Waals surface area contributed by atoms with Crippen LogP contribution in [0.5, 0.6) is 0 Å². The molecular weight excluding hydrogens is 116 g/mol. The van der Waals surface area contributed by atoms with Gasteiger partial charge in [0.05, 0.1) is 6.26 Å². The Morgan fingerprint density at radius 2 is 2.00 bits per heavy atom. The van der Waals surface area contributed by atoms with E-state index >= 15 is 0 Å². The molecule has 0 atom stereocenters. The summed E-state index contributed by atoms with van der Waals surface area (Å²) in [6.07, 6.45) is 1.58. The molecule has 0 aliphatic carbocycles. The first kappa shape index (κ1) is 8.21. The fourth-order valence-corrected chi connectivity index (χ4v) is 0.326. The van der Waals surface area contributed by atoms with Gasteiger partial charge < -0.3 is 4.74 Å². The maximum absolute atomic E-state index is 10.3. The maximum atomic E-state index is 10.3. The third kappa shape index (κ3) is 7.21. The van der Waals surface area contributed by atoms with Crippen LogP contribution in [-0.4, -0.2) is 12.4 Å². The third-order valence-electron chi connectivity index (χ3n) is 0.606. The van der Waals surface area contributed by atoms with Crippen LogP contribution in [0, 0.1) is 0 Å². The zero-order chi connectivity index (χ0) is 7.28. The van der Waals surface area contributed by atoms with Gasteiger partial charge in [0.15, 0.2) is 5.78 Å². The first-order valence-corrected chi connectivity index (χ1v) is 2.87. The van der Waals surface area contributed by atoms with Crippen molar-refractivity contribution in [2.75, 3.05) is 6.61 Å². The van der Waals surface area contributed by atoms with E-state index < -0.39 is 0 Å². The largest absolute Gasteiger partial charge is 0.494 e. The average molecular weight is 128 g/mol. The number of rotatable bonds is 3. The molecular formula is C7H12O2. The van der Waals surface area contributed by atoms with E-state index in [2.05, 4.69) is 0 Å². The van der Waals surface area contributed by atoms with Crippen molar-refractivity contribution in [1.82, 2.24) is 0 Å². The number of ketones is 1. The molecule has 2 heteroatoms. The summed E-state index contributed by atoms with van der Waals surface area (Å²) in [5.41, 5.74) is 1.07. The SMILES string of the molecule is CC(=O)COC=C(C)C. The smallest absolute Gasteiger partial charge is 0.167 e. The second-order valence-corrected chi connectivity index (χ2v) is 2.21. The number of ether oxygens (including phenoxy) is 1. The second kappa shape index (κ2) is 4.13. The maximum Gasteiger partial charge on any atom is 0.167 e. The zero-order valence-corrected chi connectivity index (χ0v) is 6.10. The topological polar surface area (TPSA) is 26.3 Å². The lowest BCUT2D eigenvalue weighted by atomic mass is 10.4. The highest BCUT2D eigenvalue weighted by molar-refractivity contribution is 5.76. The Labute approximate surface area is 55.5 Å². The Bertz CT molecular complexity index is 121. The molecule has 0 aromatic rings. The van der Waals surface area contributed by atoms with Gasteiger partial charge in [-0.3, -0.25) is 4.79 Å². The van der Waals surface area contributed by atoms with E-state index in [1.54, 1.807) is 6.26 Å². The third-order valence-corrected chi connectivity index (χ3v) is 0.606. The van der Waals surface area contributed by atoms with Crippen LogP contribution in [-0.2, 0) is 9.53 Å². The summed E-state index contributed by atoms with van der Waals surface area (Å²) >= 11 is 0. The van der Waals surface area contributed by atoms with Crippen LogP contribution in [0.1, 0.15) is 20.8 Å². The lowest BCUT2D eigenvalue weighted by Gasteiger charge is -1.94. The van der Waals surface area contributed by atoms with Gasteiger partial charge in [0.2, 0.25) is 0 Å². The van der Waals surface area contributed by atoms with Gasteiger partial charge in [-0.05, 0) is 26.3 Å². The number of hydrogen-bond donors (Lipinski definition) is 0. The molecule has 9 heavy (non-hydrogen) atoms. The molecule has 0 saturated heterocycles. The second-order valence-electron chi connectivity index (χ2n) is 2.21. The summed E-state index contributed by atoms with van der Waals surface area (Å²) in [5.74, 6) is 0.0486. The van der Waals surface area contributed by atoms with Crippen LogP contribution in [0.4, 0.5) is 0 Å². The first-order chi connectivity index (χ1) is 4.13. The van der Waals surface area contributed by atoms with Crippen molar-refractivity contribution >= 4 is 5.78 Å². The van der Waals surface area contributed by atoms with Crippen molar-refractivity contribution in [3.05, 3.63) is 11.8 Å². The van der Waals surface area contributed by atoms with Crippen molar-refractivity contribution in [3.63, 3.8) is 0 Å². The molecule has 2 nitrogen and oxygen atoms in total. The summed E-state index contributed by atoms with van der Waals surface area (Å²) in [7, 11) is 0. The highest BCUT2D eigenvalue weighted by Crippen LogP contribution is 1.88. The number of carbonyl (C=O) groups is 1. The van der Waals surface area contributed by atoms with E-state index in [1.807, 2.05) is 13.8 Å². The molecule has 0 aliphatic heterocycles. The van der Waals surface area contributed by atoms with E-state index in [4.69, 9.17) is 4.74 Å². The van der Waals surface area contributed by atoms with Crippen LogP contribution in [0.15, 0.2) is 11.8 Å². The van der Waals surface area contributed by atoms with Gasteiger partial charge in [-0.1, -0.05) is 0 Å². The number of carbonyl (C=O) groups excluding carboxylic acids is 1. The van der Waals surface area contributed by atoms with Crippen LogP contribution < -0.4 is 0 Å². The molecule has 0 saturated carbocycles. The molecule has 52 valence electrons. The lowest BCUT2D eigenvalue weighted by Crippen LogP contribution is -1.99. The number of allylic oxidation sites excluding steroid dienone is 1. The summed E-state index contributed by atoms with van der Waals surface area (Å²) in [6, 6.07) is 0. The molecule has 0 radical (unpaired) electrons. The highest BCUT2D eigenvalue weighted by atomic mass is 16.5. The average Bonchev–Trinajstić information content (AvgIpc) is 1.63. The Balaban J connectivity index is 3.31. The summed E-state index contributed by atoms with van der Waals surface area (Å²) in [4.78, 5) is 10.3. The Morgan fingerprint density at radius 1 is 1.44 bits per heavy atom. The zero-order valence-electron chi connectivity index (χ0n) is 6.10. The van der Waals surface area contributed by atoms with Gasteiger partial charge in [-0.25, -0.2) is 0 Å². The van der Waals surface area contributed by atoms with E-state index in [0.717, 1.165) is 5.57 Å². The van der Waals surface area contributed by atoms with E-state index in [-0.39, 0.29) is 12.4 Å². The highest BCUT2D eigenvalue weighted by Gasteiger charge is 1.87. The van der Waals surface area contributed by atoms with E-state index in [9.17, 15) is 4.79 Å².